The summed E-state index contributed by atoms with van der Waals surface area (Å²) in [6, 6.07) is 7.13. The lowest BCUT2D eigenvalue weighted by molar-refractivity contribution is -0.154. The molecule has 2 fully saturated rings. The van der Waals surface area contributed by atoms with Crippen LogP contribution < -0.4 is 10.2 Å². The van der Waals surface area contributed by atoms with Crippen molar-refractivity contribution in [1.82, 2.24) is 15.1 Å². The van der Waals surface area contributed by atoms with Crippen molar-refractivity contribution in [1.29, 1.82) is 0 Å². The van der Waals surface area contributed by atoms with E-state index in [1.807, 2.05) is 25.2 Å². The average Bonchev–Trinajstić information content (AvgIpc) is 2.68. The van der Waals surface area contributed by atoms with Crippen LogP contribution in [0.3, 0.4) is 0 Å². The molecule has 1 spiro atoms. The zero-order valence-corrected chi connectivity index (χ0v) is 17.5. The number of hydrogen-bond donors (Lipinski definition) is 1. The van der Waals surface area contributed by atoms with Gasteiger partial charge in [0.1, 0.15) is 0 Å². The first-order valence-electron chi connectivity index (χ1n) is 10.5. The molecule has 0 aliphatic carbocycles. The van der Waals surface area contributed by atoms with Gasteiger partial charge in [-0.25, -0.2) is 4.79 Å². The van der Waals surface area contributed by atoms with Crippen LogP contribution >= 0.6 is 0 Å². The van der Waals surface area contributed by atoms with Gasteiger partial charge in [0, 0.05) is 31.9 Å². The van der Waals surface area contributed by atoms with E-state index in [0.29, 0.717) is 25.4 Å². The van der Waals surface area contributed by atoms with Crippen LogP contribution in [0.1, 0.15) is 32.3 Å². The molecule has 29 heavy (non-hydrogen) atoms. The summed E-state index contributed by atoms with van der Waals surface area (Å²) in [5, 5.41) is 2.52. The van der Waals surface area contributed by atoms with Crippen LogP contribution in [0, 0.1) is 11.3 Å². The summed E-state index contributed by atoms with van der Waals surface area (Å²) in [4.78, 5) is 45.2. The zero-order valence-electron chi connectivity index (χ0n) is 17.5. The minimum Gasteiger partial charge on any atom is -0.364 e. The highest BCUT2D eigenvalue weighted by atomic mass is 16.2. The molecule has 7 heteroatoms. The van der Waals surface area contributed by atoms with E-state index in [4.69, 9.17) is 0 Å². The third-order valence-electron chi connectivity index (χ3n) is 6.58. The van der Waals surface area contributed by atoms with E-state index in [2.05, 4.69) is 35.0 Å². The SMILES string of the molecule is CC(C)CCCN1C(=O)NC(=O)[C@]2(Cc3ccccc3N3CCN(C)C[C@@H]32)C1=O. The van der Waals surface area contributed by atoms with E-state index < -0.39 is 17.4 Å². The van der Waals surface area contributed by atoms with Gasteiger partial charge >= 0.3 is 6.03 Å². The highest BCUT2D eigenvalue weighted by Crippen LogP contribution is 2.45. The van der Waals surface area contributed by atoms with Crippen LogP contribution in [-0.2, 0) is 16.0 Å². The van der Waals surface area contributed by atoms with Gasteiger partial charge in [-0.05, 0) is 43.9 Å². The van der Waals surface area contributed by atoms with Crippen LogP contribution in [0.25, 0.3) is 0 Å². The number of benzene rings is 1. The predicted molar refractivity (Wildman–Crippen MR) is 111 cm³/mol. The first-order valence-corrected chi connectivity index (χ1v) is 10.5. The zero-order chi connectivity index (χ0) is 20.8. The van der Waals surface area contributed by atoms with Crippen LogP contribution in [0.15, 0.2) is 24.3 Å². The van der Waals surface area contributed by atoms with E-state index >= 15 is 0 Å². The number of likely N-dealkylation sites (N-methyl/N-ethyl adjacent to an activating group) is 1. The summed E-state index contributed by atoms with van der Waals surface area (Å²) in [6.07, 6.45) is 2.00. The number of carbonyl (C=O) groups excluding carboxylic acids is 3. The number of barbiturate groups is 1. The molecule has 7 nitrogen and oxygen atoms in total. The molecule has 3 aliphatic rings. The van der Waals surface area contributed by atoms with Crippen LogP contribution in [0.2, 0.25) is 0 Å². The van der Waals surface area contributed by atoms with E-state index in [1.54, 1.807) is 0 Å². The molecule has 0 unspecified atom stereocenters. The van der Waals surface area contributed by atoms with Gasteiger partial charge in [-0.15, -0.1) is 0 Å². The Morgan fingerprint density at radius 2 is 1.93 bits per heavy atom. The number of amides is 4. The standard InChI is InChI=1S/C22H30N4O3/c1-15(2)7-6-10-26-20(28)22(19(27)23-21(26)29)13-16-8-4-5-9-17(16)25-12-11-24(3)14-18(22)25/h4-5,8-9,15,18H,6-7,10-14H2,1-3H3,(H,23,27,29)/t18-,22-/m1/s1. The molecule has 2 atom stereocenters. The highest BCUT2D eigenvalue weighted by molar-refractivity contribution is 6.20. The molecule has 3 aliphatic heterocycles. The molecule has 2 saturated heterocycles. The third kappa shape index (κ3) is 3.21. The maximum absolute atomic E-state index is 13.8. The van der Waals surface area contributed by atoms with Gasteiger partial charge in [-0.2, -0.15) is 0 Å². The quantitative estimate of drug-likeness (QED) is 0.784. The smallest absolute Gasteiger partial charge is 0.330 e. The highest BCUT2D eigenvalue weighted by Gasteiger charge is 2.62. The molecular weight excluding hydrogens is 368 g/mol. The molecule has 156 valence electrons. The van der Waals surface area contributed by atoms with E-state index in [-0.39, 0.29) is 11.9 Å². The summed E-state index contributed by atoms with van der Waals surface area (Å²) in [5.74, 6) is -0.292. The van der Waals surface area contributed by atoms with Crippen molar-refractivity contribution in [3.63, 3.8) is 0 Å². The Morgan fingerprint density at radius 3 is 2.69 bits per heavy atom. The van der Waals surface area contributed by atoms with Gasteiger partial charge in [0.05, 0.1) is 6.04 Å². The maximum atomic E-state index is 13.8. The van der Waals surface area contributed by atoms with E-state index in [1.165, 1.54) is 4.90 Å². The first-order chi connectivity index (χ1) is 13.8. The van der Waals surface area contributed by atoms with Crippen molar-refractivity contribution in [2.45, 2.75) is 39.2 Å². The number of nitrogens with zero attached hydrogens (tertiary/aromatic N) is 3. The lowest BCUT2D eigenvalue weighted by atomic mass is 9.67. The molecule has 1 aromatic rings. The minimum atomic E-state index is -1.27. The molecular formula is C22H30N4O3. The summed E-state index contributed by atoms with van der Waals surface area (Å²) < 4.78 is 0. The number of nitrogens with one attached hydrogen (secondary N) is 1. The number of rotatable bonds is 4. The fraction of sp³-hybridized carbons (Fsp3) is 0.591. The molecule has 0 aromatic heterocycles. The Labute approximate surface area is 172 Å². The van der Waals surface area contributed by atoms with Crippen molar-refractivity contribution in [2.24, 2.45) is 11.3 Å². The monoisotopic (exact) mass is 398 g/mol. The average molecular weight is 399 g/mol. The molecule has 0 bridgehead atoms. The number of carbonyl (C=O) groups is 3. The Kier molecular flexibility index (Phi) is 5.11. The number of hydrogen-bond acceptors (Lipinski definition) is 5. The molecule has 0 saturated carbocycles. The molecule has 3 heterocycles. The summed E-state index contributed by atoms with van der Waals surface area (Å²) in [7, 11) is 2.02. The van der Waals surface area contributed by atoms with Gasteiger partial charge in [0.15, 0.2) is 5.41 Å². The largest absolute Gasteiger partial charge is 0.364 e. The summed E-state index contributed by atoms with van der Waals surface area (Å²) >= 11 is 0. The Morgan fingerprint density at radius 1 is 1.17 bits per heavy atom. The van der Waals surface area contributed by atoms with Crippen molar-refractivity contribution in [3.8, 4) is 0 Å². The van der Waals surface area contributed by atoms with E-state index in [0.717, 1.165) is 37.2 Å². The van der Waals surface area contributed by atoms with Gasteiger partial charge in [-0.1, -0.05) is 32.0 Å². The third-order valence-corrected chi connectivity index (χ3v) is 6.58. The fourth-order valence-corrected chi connectivity index (χ4v) is 5.01. The second kappa shape index (κ2) is 7.44. The number of piperazine rings is 1. The van der Waals surface area contributed by atoms with E-state index in [9.17, 15) is 14.4 Å². The Bertz CT molecular complexity index is 839. The topological polar surface area (TPSA) is 73.0 Å². The molecule has 4 amide bonds. The van der Waals surface area contributed by atoms with Gasteiger partial charge in [-0.3, -0.25) is 19.8 Å². The molecule has 4 rings (SSSR count). The van der Waals surface area contributed by atoms with Gasteiger partial charge < -0.3 is 9.80 Å². The summed E-state index contributed by atoms with van der Waals surface area (Å²) in [5.41, 5.74) is 0.822. The number of imide groups is 2. The number of para-hydroxylation sites is 1. The maximum Gasteiger partial charge on any atom is 0.330 e. The fourth-order valence-electron chi connectivity index (χ4n) is 5.01. The second-order valence-corrected chi connectivity index (χ2v) is 9.00. The summed E-state index contributed by atoms with van der Waals surface area (Å²) in [6.45, 7) is 6.83. The number of anilines is 1. The van der Waals surface area contributed by atoms with Crippen molar-refractivity contribution in [2.75, 3.05) is 38.1 Å². The van der Waals surface area contributed by atoms with Crippen molar-refractivity contribution in [3.05, 3.63) is 29.8 Å². The predicted octanol–water partition coefficient (Wildman–Crippen LogP) is 1.86. The molecule has 1 aromatic carbocycles. The Balaban J connectivity index is 1.74. The number of urea groups is 1. The second-order valence-electron chi connectivity index (χ2n) is 9.00. The van der Waals surface area contributed by atoms with Gasteiger partial charge in [0.25, 0.3) is 0 Å². The Hall–Kier alpha value is -2.41. The lowest BCUT2D eigenvalue weighted by Gasteiger charge is -2.55. The van der Waals surface area contributed by atoms with Crippen molar-refractivity contribution >= 4 is 23.5 Å². The molecule has 1 N–H and O–H groups in total. The van der Waals surface area contributed by atoms with Crippen molar-refractivity contribution < 1.29 is 14.4 Å². The minimum absolute atomic E-state index is 0.288. The molecule has 0 radical (unpaired) electrons. The van der Waals surface area contributed by atoms with Crippen LogP contribution in [0.4, 0.5) is 10.5 Å². The normalized spacial score (nSPS) is 27.3. The lowest BCUT2D eigenvalue weighted by Crippen LogP contribution is -2.75. The van der Waals surface area contributed by atoms with Crippen LogP contribution in [-0.4, -0.2) is 66.9 Å². The number of fused-ring (bicyclic) bond motifs is 4. The van der Waals surface area contributed by atoms with Gasteiger partial charge in [0.2, 0.25) is 11.8 Å². The first kappa shape index (κ1) is 19.9. The van der Waals surface area contributed by atoms with Crippen LogP contribution in [0.5, 0.6) is 0 Å².